The highest BCUT2D eigenvalue weighted by Gasteiger charge is 2.29. The lowest BCUT2D eigenvalue weighted by Crippen LogP contribution is -2.44. The van der Waals surface area contributed by atoms with E-state index in [4.69, 9.17) is 10.5 Å². The van der Waals surface area contributed by atoms with Crippen LogP contribution in [0.25, 0.3) is 0 Å². The molecule has 5 nitrogen and oxygen atoms in total. The molecule has 2 N–H and O–H groups in total. The highest BCUT2D eigenvalue weighted by atomic mass is 32.2. The number of nitrogens with zero attached hydrogens (tertiary/aromatic N) is 1. The van der Waals surface area contributed by atoms with Crippen molar-refractivity contribution < 1.29 is 13.2 Å². The number of rotatable bonds is 6. The van der Waals surface area contributed by atoms with Crippen molar-refractivity contribution in [3.8, 4) is 0 Å². The summed E-state index contributed by atoms with van der Waals surface area (Å²) in [4.78, 5) is 0. The zero-order valence-electron chi connectivity index (χ0n) is 9.35. The van der Waals surface area contributed by atoms with Gasteiger partial charge in [-0.2, -0.15) is 0 Å². The van der Waals surface area contributed by atoms with Gasteiger partial charge in [-0.25, -0.2) is 12.7 Å². The lowest BCUT2D eigenvalue weighted by molar-refractivity contribution is 0.210. The molecular weight excluding hydrogens is 216 g/mol. The molecule has 0 aromatic rings. The van der Waals surface area contributed by atoms with Gasteiger partial charge in [-0.3, -0.25) is 0 Å². The van der Waals surface area contributed by atoms with Gasteiger partial charge in [-0.1, -0.05) is 0 Å². The van der Waals surface area contributed by atoms with Crippen molar-refractivity contribution in [1.29, 1.82) is 0 Å². The van der Waals surface area contributed by atoms with Gasteiger partial charge < -0.3 is 10.5 Å². The first kappa shape index (κ1) is 12.9. The fourth-order valence-corrected chi connectivity index (χ4v) is 2.88. The van der Waals surface area contributed by atoms with Crippen molar-refractivity contribution in [2.45, 2.75) is 18.9 Å². The Labute approximate surface area is 91.6 Å². The van der Waals surface area contributed by atoms with Gasteiger partial charge in [0.15, 0.2) is 0 Å². The van der Waals surface area contributed by atoms with Gasteiger partial charge in [0.05, 0.1) is 12.4 Å². The Kier molecular flexibility index (Phi) is 4.51. The summed E-state index contributed by atoms with van der Waals surface area (Å²) in [5.41, 5.74) is 5.65. The van der Waals surface area contributed by atoms with Gasteiger partial charge in [0, 0.05) is 26.7 Å². The van der Waals surface area contributed by atoms with Crippen molar-refractivity contribution in [3.63, 3.8) is 0 Å². The van der Waals surface area contributed by atoms with Crippen LogP contribution in [0.5, 0.6) is 0 Å². The van der Waals surface area contributed by atoms with Crippen molar-refractivity contribution >= 4 is 10.0 Å². The van der Waals surface area contributed by atoms with Crippen LogP contribution < -0.4 is 5.73 Å². The van der Waals surface area contributed by atoms with Crippen molar-refractivity contribution in [2.75, 3.05) is 33.1 Å². The summed E-state index contributed by atoms with van der Waals surface area (Å²) in [7, 11) is -0.0233. The Morgan fingerprint density at radius 2 is 2.07 bits per heavy atom. The second kappa shape index (κ2) is 5.25. The molecule has 0 spiro atoms. The van der Waals surface area contributed by atoms with Crippen LogP contribution in [0.15, 0.2) is 0 Å². The molecule has 1 aliphatic carbocycles. The highest BCUT2D eigenvalue weighted by molar-refractivity contribution is 7.89. The second-order valence-electron chi connectivity index (χ2n) is 4.19. The van der Waals surface area contributed by atoms with Crippen LogP contribution in [0.2, 0.25) is 0 Å². The van der Waals surface area contributed by atoms with E-state index in [2.05, 4.69) is 0 Å². The molecule has 1 rings (SSSR count). The summed E-state index contributed by atoms with van der Waals surface area (Å²) in [6.45, 7) is 0.830. The van der Waals surface area contributed by atoms with Gasteiger partial charge in [0.2, 0.25) is 10.0 Å². The second-order valence-corrected chi connectivity index (χ2v) is 6.38. The lowest BCUT2D eigenvalue weighted by Gasteiger charge is -2.34. The molecule has 1 fully saturated rings. The topological polar surface area (TPSA) is 72.6 Å². The Morgan fingerprint density at radius 1 is 1.47 bits per heavy atom. The van der Waals surface area contributed by atoms with Gasteiger partial charge >= 0.3 is 0 Å². The zero-order chi connectivity index (χ0) is 11.5. The Morgan fingerprint density at radius 3 is 2.53 bits per heavy atom. The van der Waals surface area contributed by atoms with E-state index < -0.39 is 10.0 Å². The molecule has 0 bridgehead atoms. The van der Waals surface area contributed by atoms with Crippen LogP contribution >= 0.6 is 0 Å². The smallest absolute Gasteiger partial charge is 0.216 e. The van der Waals surface area contributed by atoms with Gasteiger partial charge in [-0.15, -0.1) is 0 Å². The molecule has 0 aliphatic heterocycles. The normalized spacial score (nSPS) is 26.7. The molecule has 0 heterocycles. The van der Waals surface area contributed by atoms with Crippen LogP contribution in [0.1, 0.15) is 12.8 Å². The number of nitrogens with two attached hydrogens (primary N) is 1. The average Bonchev–Trinajstić information content (AvgIpc) is 2.12. The Balaban J connectivity index is 2.35. The number of hydrogen-bond donors (Lipinski definition) is 1. The monoisotopic (exact) mass is 236 g/mol. The van der Waals surface area contributed by atoms with E-state index >= 15 is 0 Å². The maximum absolute atomic E-state index is 11.7. The third kappa shape index (κ3) is 3.71. The Bertz CT molecular complexity index is 286. The predicted molar refractivity (Wildman–Crippen MR) is 59.0 cm³/mol. The maximum Gasteiger partial charge on any atom is 0.216 e. The van der Waals surface area contributed by atoms with Gasteiger partial charge in [0.1, 0.15) is 0 Å². The minimum atomic E-state index is -3.14. The van der Waals surface area contributed by atoms with Crippen LogP contribution in [-0.4, -0.2) is 51.8 Å². The minimum absolute atomic E-state index is 0.0543. The molecule has 0 atom stereocenters. The van der Waals surface area contributed by atoms with Crippen LogP contribution in [0.4, 0.5) is 0 Å². The standard InChI is InChI=1S/C9H20N2O3S/c1-11(7-8-5-9(10)6-8)15(12,13)4-3-14-2/h8-9H,3-7,10H2,1-2H3. The van der Waals surface area contributed by atoms with Crippen LogP contribution in [0.3, 0.4) is 0 Å². The summed E-state index contributed by atoms with van der Waals surface area (Å²) in [5, 5.41) is 0. The summed E-state index contributed by atoms with van der Waals surface area (Å²) in [6, 6.07) is 0.269. The van der Waals surface area contributed by atoms with Gasteiger partial charge in [-0.05, 0) is 18.8 Å². The summed E-state index contributed by atoms with van der Waals surface area (Å²) < 4.78 is 29.5. The molecule has 0 aromatic heterocycles. The van der Waals surface area contributed by atoms with Crippen molar-refractivity contribution in [3.05, 3.63) is 0 Å². The molecular formula is C9H20N2O3S. The molecule has 1 aliphatic rings. The maximum atomic E-state index is 11.7. The zero-order valence-corrected chi connectivity index (χ0v) is 10.2. The van der Waals surface area contributed by atoms with Crippen molar-refractivity contribution in [1.82, 2.24) is 4.31 Å². The average molecular weight is 236 g/mol. The van der Waals surface area contributed by atoms with E-state index in [0.717, 1.165) is 12.8 Å². The molecule has 6 heteroatoms. The summed E-state index contributed by atoms with van der Waals surface area (Å²) >= 11 is 0. The number of sulfonamides is 1. The first-order valence-corrected chi connectivity index (χ1v) is 6.75. The molecule has 0 amide bonds. The Hall–Kier alpha value is -0.170. The van der Waals surface area contributed by atoms with Crippen LogP contribution in [0, 0.1) is 5.92 Å². The highest BCUT2D eigenvalue weighted by Crippen LogP contribution is 2.26. The fraction of sp³-hybridized carbons (Fsp3) is 1.00. The molecule has 0 radical (unpaired) electrons. The third-order valence-electron chi connectivity index (χ3n) is 2.81. The SMILES string of the molecule is COCCS(=O)(=O)N(C)CC1CC(N)C1. The van der Waals surface area contributed by atoms with E-state index in [1.165, 1.54) is 11.4 Å². The number of methoxy groups -OCH3 is 1. The van der Waals surface area contributed by atoms with E-state index in [9.17, 15) is 8.42 Å². The molecule has 0 saturated heterocycles. The van der Waals surface area contributed by atoms with E-state index in [0.29, 0.717) is 12.5 Å². The van der Waals surface area contributed by atoms with E-state index in [-0.39, 0.29) is 18.4 Å². The van der Waals surface area contributed by atoms with Gasteiger partial charge in [0.25, 0.3) is 0 Å². The first-order chi connectivity index (χ1) is 6.95. The number of ether oxygens (including phenoxy) is 1. The summed E-state index contributed by atoms with van der Waals surface area (Å²) in [5.74, 6) is 0.487. The van der Waals surface area contributed by atoms with E-state index in [1.807, 2.05) is 0 Å². The molecule has 0 unspecified atom stereocenters. The molecule has 15 heavy (non-hydrogen) atoms. The summed E-state index contributed by atoms with van der Waals surface area (Å²) in [6.07, 6.45) is 1.87. The third-order valence-corrected chi connectivity index (χ3v) is 4.59. The fourth-order valence-electron chi connectivity index (χ4n) is 1.76. The van der Waals surface area contributed by atoms with E-state index in [1.54, 1.807) is 7.05 Å². The van der Waals surface area contributed by atoms with Crippen molar-refractivity contribution in [2.24, 2.45) is 11.7 Å². The largest absolute Gasteiger partial charge is 0.384 e. The predicted octanol–water partition coefficient (Wildman–Crippen LogP) is -0.368. The minimum Gasteiger partial charge on any atom is -0.384 e. The molecule has 1 saturated carbocycles. The quantitative estimate of drug-likeness (QED) is 0.683. The number of hydrogen-bond acceptors (Lipinski definition) is 4. The molecule has 90 valence electrons. The van der Waals surface area contributed by atoms with Crippen LogP contribution in [-0.2, 0) is 14.8 Å². The first-order valence-electron chi connectivity index (χ1n) is 5.14. The molecule has 0 aromatic carbocycles. The lowest BCUT2D eigenvalue weighted by atomic mass is 9.81.